The molecule has 0 unspecified atom stereocenters. The Morgan fingerprint density at radius 2 is 2.17 bits per heavy atom. The predicted molar refractivity (Wildman–Crippen MR) is 87.5 cm³/mol. The predicted octanol–water partition coefficient (Wildman–Crippen LogP) is 2.79. The molecule has 3 aromatic rings. The van der Waals surface area contributed by atoms with Crippen LogP contribution in [0.5, 0.6) is 0 Å². The molecular formula is C17H16N2O3S. The molecule has 1 N–H and O–H groups in total. The van der Waals surface area contributed by atoms with Crippen molar-refractivity contribution in [2.75, 3.05) is 0 Å². The molecule has 0 saturated heterocycles. The molecule has 0 aliphatic heterocycles. The number of rotatable bonds is 4. The topological polar surface area (TPSA) is 68.3 Å². The summed E-state index contributed by atoms with van der Waals surface area (Å²) in [5.74, 6) is -0.250. The Balaban J connectivity index is 1.57. The van der Waals surface area contributed by atoms with Crippen LogP contribution in [0.15, 0.2) is 44.9 Å². The van der Waals surface area contributed by atoms with Crippen LogP contribution in [0.2, 0.25) is 0 Å². The van der Waals surface area contributed by atoms with E-state index in [2.05, 4.69) is 11.2 Å². The molecule has 1 atom stereocenters. The second kappa shape index (κ2) is 5.79. The van der Waals surface area contributed by atoms with Crippen LogP contribution in [0.25, 0.3) is 10.8 Å². The average molecular weight is 328 g/mol. The molecule has 0 amide bonds. The van der Waals surface area contributed by atoms with E-state index in [1.165, 1.54) is 33.6 Å². The zero-order valence-electron chi connectivity index (χ0n) is 12.4. The van der Waals surface area contributed by atoms with Gasteiger partial charge in [0.05, 0.1) is 17.5 Å². The highest BCUT2D eigenvalue weighted by Gasteiger charge is 2.18. The van der Waals surface area contributed by atoms with Gasteiger partial charge in [-0.3, -0.25) is 0 Å². The summed E-state index contributed by atoms with van der Waals surface area (Å²) >= 11 is 1.46. The van der Waals surface area contributed by atoms with Crippen molar-refractivity contribution >= 4 is 11.3 Å². The van der Waals surface area contributed by atoms with Gasteiger partial charge in [0.15, 0.2) is 0 Å². The Morgan fingerprint density at radius 3 is 3.00 bits per heavy atom. The zero-order chi connectivity index (χ0) is 15.8. The number of hydrogen-bond acceptors (Lipinski definition) is 5. The highest BCUT2D eigenvalue weighted by molar-refractivity contribution is 7.13. The lowest BCUT2D eigenvalue weighted by atomic mass is 10.0. The summed E-state index contributed by atoms with van der Waals surface area (Å²) in [4.78, 5) is 12.7. The number of nitrogens with zero attached hydrogens (tertiary/aromatic N) is 2. The van der Waals surface area contributed by atoms with Crippen molar-refractivity contribution < 1.29 is 9.52 Å². The smallest absolute Gasteiger partial charge is 0.387 e. The van der Waals surface area contributed by atoms with Gasteiger partial charge in [-0.1, -0.05) is 24.3 Å². The van der Waals surface area contributed by atoms with E-state index in [1.54, 1.807) is 0 Å². The third-order valence-corrected chi connectivity index (χ3v) is 5.05. The molecule has 1 aromatic carbocycles. The summed E-state index contributed by atoms with van der Waals surface area (Å²) < 4.78 is 6.35. The van der Waals surface area contributed by atoms with E-state index >= 15 is 0 Å². The van der Waals surface area contributed by atoms with Gasteiger partial charge in [-0.25, -0.2) is 4.79 Å². The molecule has 2 aromatic heterocycles. The number of aryl methyl sites for hydroxylation is 2. The molecule has 0 fully saturated rings. The van der Waals surface area contributed by atoms with Crippen LogP contribution >= 0.6 is 11.3 Å². The average Bonchev–Trinajstić information content (AvgIpc) is 3.27. The van der Waals surface area contributed by atoms with Crippen LogP contribution in [0.4, 0.5) is 0 Å². The number of aromatic nitrogens is 2. The molecule has 1 aliphatic rings. The SMILES string of the molecule is O=c1oc(-c2cccs2)nn1C[C@H](O)c1ccc2c(c1)CCC2. The van der Waals surface area contributed by atoms with Crippen LogP contribution < -0.4 is 5.76 Å². The Morgan fingerprint density at radius 1 is 1.30 bits per heavy atom. The minimum atomic E-state index is -0.778. The van der Waals surface area contributed by atoms with E-state index in [-0.39, 0.29) is 6.54 Å². The first-order chi connectivity index (χ1) is 11.2. The van der Waals surface area contributed by atoms with E-state index in [1.807, 2.05) is 29.6 Å². The van der Waals surface area contributed by atoms with Crippen LogP contribution in [0.1, 0.15) is 29.2 Å². The highest BCUT2D eigenvalue weighted by atomic mass is 32.1. The number of aliphatic hydroxyl groups is 1. The Labute approximate surface area is 136 Å². The second-order valence-corrected chi connectivity index (χ2v) is 6.68. The summed E-state index contributed by atoms with van der Waals surface area (Å²) in [6, 6.07) is 9.76. The standard InChI is InChI=1S/C17H16N2O3S/c20-14(13-7-6-11-3-1-4-12(11)9-13)10-19-17(21)22-16(18-19)15-5-2-8-23-15/h2,5-9,14,20H,1,3-4,10H2/t14-/m0/s1. The van der Waals surface area contributed by atoms with Crippen molar-refractivity contribution in [2.45, 2.75) is 31.9 Å². The fourth-order valence-electron chi connectivity index (χ4n) is 2.99. The number of aliphatic hydroxyl groups excluding tert-OH is 1. The molecule has 23 heavy (non-hydrogen) atoms. The molecule has 118 valence electrons. The maximum Gasteiger partial charge on any atom is 0.437 e. The quantitative estimate of drug-likeness (QED) is 0.799. The monoisotopic (exact) mass is 328 g/mol. The van der Waals surface area contributed by atoms with E-state index in [9.17, 15) is 9.90 Å². The lowest BCUT2D eigenvalue weighted by Crippen LogP contribution is -2.20. The first-order valence-corrected chi connectivity index (χ1v) is 8.50. The number of fused-ring (bicyclic) bond motifs is 1. The lowest BCUT2D eigenvalue weighted by Gasteiger charge is -2.11. The Kier molecular flexibility index (Phi) is 3.63. The zero-order valence-corrected chi connectivity index (χ0v) is 13.3. The third kappa shape index (κ3) is 2.75. The van der Waals surface area contributed by atoms with Crippen molar-refractivity contribution in [2.24, 2.45) is 0 Å². The largest absolute Gasteiger partial charge is 0.437 e. The van der Waals surface area contributed by atoms with Gasteiger partial charge in [-0.05, 0) is 47.4 Å². The number of hydrogen-bond donors (Lipinski definition) is 1. The van der Waals surface area contributed by atoms with Crippen molar-refractivity contribution in [1.29, 1.82) is 0 Å². The molecule has 0 spiro atoms. The van der Waals surface area contributed by atoms with Crippen molar-refractivity contribution in [3.05, 3.63) is 63.0 Å². The summed E-state index contributed by atoms with van der Waals surface area (Å²) in [5, 5.41) is 16.5. The third-order valence-electron chi connectivity index (χ3n) is 4.19. The fraction of sp³-hybridized carbons (Fsp3) is 0.294. The fourth-order valence-corrected chi connectivity index (χ4v) is 3.63. The van der Waals surface area contributed by atoms with E-state index < -0.39 is 11.9 Å². The number of thiophene rings is 1. The minimum absolute atomic E-state index is 0.0898. The van der Waals surface area contributed by atoms with Crippen molar-refractivity contribution in [3.63, 3.8) is 0 Å². The Bertz CT molecular complexity index is 880. The van der Waals surface area contributed by atoms with Crippen LogP contribution in [0, 0.1) is 0 Å². The van der Waals surface area contributed by atoms with E-state index in [0.29, 0.717) is 5.89 Å². The molecule has 4 rings (SSSR count). The highest BCUT2D eigenvalue weighted by Crippen LogP contribution is 2.26. The lowest BCUT2D eigenvalue weighted by molar-refractivity contribution is 0.148. The van der Waals surface area contributed by atoms with Crippen LogP contribution in [-0.2, 0) is 19.4 Å². The van der Waals surface area contributed by atoms with Gasteiger partial charge >= 0.3 is 5.76 Å². The second-order valence-electron chi connectivity index (χ2n) is 5.73. The summed E-state index contributed by atoms with van der Waals surface area (Å²) in [7, 11) is 0. The van der Waals surface area contributed by atoms with Gasteiger partial charge in [0.1, 0.15) is 0 Å². The maximum atomic E-state index is 11.9. The summed E-state index contributed by atoms with van der Waals surface area (Å²) in [6.07, 6.45) is 2.56. The van der Waals surface area contributed by atoms with Gasteiger partial charge < -0.3 is 9.52 Å². The van der Waals surface area contributed by atoms with Crippen LogP contribution in [-0.4, -0.2) is 14.9 Å². The molecule has 0 radical (unpaired) electrons. The molecule has 5 nitrogen and oxygen atoms in total. The normalized spacial score (nSPS) is 14.8. The summed E-state index contributed by atoms with van der Waals surface area (Å²) in [5.41, 5.74) is 3.48. The van der Waals surface area contributed by atoms with Crippen molar-refractivity contribution in [1.82, 2.24) is 9.78 Å². The number of benzene rings is 1. The first kappa shape index (κ1) is 14.4. The van der Waals surface area contributed by atoms with Crippen LogP contribution in [0.3, 0.4) is 0 Å². The van der Waals surface area contributed by atoms with Crippen molar-refractivity contribution in [3.8, 4) is 10.8 Å². The maximum absolute atomic E-state index is 11.9. The van der Waals surface area contributed by atoms with Gasteiger partial charge in [0.25, 0.3) is 5.89 Å². The van der Waals surface area contributed by atoms with Gasteiger partial charge in [-0.2, -0.15) is 4.68 Å². The molecule has 0 bridgehead atoms. The first-order valence-electron chi connectivity index (χ1n) is 7.62. The minimum Gasteiger partial charge on any atom is -0.387 e. The molecule has 1 aliphatic carbocycles. The van der Waals surface area contributed by atoms with Gasteiger partial charge in [0, 0.05) is 0 Å². The summed E-state index contributed by atoms with van der Waals surface area (Å²) in [6.45, 7) is 0.0898. The molecule has 0 saturated carbocycles. The van der Waals surface area contributed by atoms with Gasteiger partial charge in [0.2, 0.25) is 0 Å². The van der Waals surface area contributed by atoms with E-state index in [4.69, 9.17) is 4.42 Å². The van der Waals surface area contributed by atoms with Gasteiger partial charge in [-0.15, -0.1) is 16.4 Å². The Hall–Kier alpha value is -2.18. The molecular weight excluding hydrogens is 312 g/mol. The van der Waals surface area contributed by atoms with E-state index in [0.717, 1.165) is 23.3 Å². The molecule has 2 heterocycles. The molecule has 6 heteroatoms.